The lowest BCUT2D eigenvalue weighted by atomic mass is 10.2. The zero-order valence-corrected chi connectivity index (χ0v) is 15.7. The fourth-order valence-corrected chi connectivity index (χ4v) is 4.22. The minimum absolute atomic E-state index is 0.0323. The maximum Gasteiger partial charge on any atom is 0.317 e. The average Bonchev–Trinajstić information content (AvgIpc) is 2.81. The highest BCUT2D eigenvalue weighted by Crippen LogP contribution is 2.19. The van der Waals surface area contributed by atoms with Crippen LogP contribution in [-0.2, 0) is 10.0 Å². The van der Waals surface area contributed by atoms with E-state index in [1.807, 2.05) is 13.8 Å². The second-order valence-electron chi connectivity index (χ2n) is 6.43. The van der Waals surface area contributed by atoms with Gasteiger partial charge in [0.25, 0.3) is 0 Å². The van der Waals surface area contributed by atoms with Gasteiger partial charge in [-0.25, -0.2) is 13.2 Å². The second-order valence-corrected chi connectivity index (χ2v) is 8.37. The van der Waals surface area contributed by atoms with E-state index in [1.165, 1.54) is 23.4 Å². The zero-order chi connectivity index (χ0) is 18.6. The predicted octanol–water partition coefficient (Wildman–Crippen LogP) is 1.70. The van der Waals surface area contributed by atoms with Crippen molar-refractivity contribution in [2.45, 2.75) is 38.1 Å². The molecule has 1 aliphatic heterocycles. The van der Waals surface area contributed by atoms with Crippen LogP contribution in [0.2, 0.25) is 0 Å². The van der Waals surface area contributed by atoms with Crippen LogP contribution in [0, 0.1) is 0 Å². The molecule has 0 aromatic heterocycles. The molecule has 0 saturated carbocycles. The number of amides is 2. The first-order valence-corrected chi connectivity index (χ1v) is 9.82. The summed E-state index contributed by atoms with van der Waals surface area (Å²) in [7, 11) is -3.69. The van der Waals surface area contributed by atoms with Crippen molar-refractivity contribution in [3.05, 3.63) is 29.8 Å². The Morgan fingerprint density at radius 3 is 2.48 bits per heavy atom. The van der Waals surface area contributed by atoms with E-state index in [9.17, 15) is 18.0 Å². The van der Waals surface area contributed by atoms with Gasteiger partial charge in [0, 0.05) is 37.8 Å². The molecule has 2 rings (SSSR count). The number of rotatable bonds is 4. The molecule has 8 heteroatoms. The number of hydrogen-bond donors (Lipinski definition) is 1. The molecule has 1 heterocycles. The van der Waals surface area contributed by atoms with Crippen LogP contribution in [0.5, 0.6) is 0 Å². The van der Waals surface area contributed by atoms with Crippen LogP contribution in [0.15, 0.2) is 29.2 Å². The fourth-order valence-electron chi connectivity index (χ4n) is 2.70. The molecule has 1 N–H and O–H groups in total. The molecule has 1 aliphatic rings. The standard InChI is InChI=1S/C17H25N3O4S/c1-13(2)18-17(22)19-8-5-9-20(11-10-19)25(23,24)16-7-4-6-15(12-16)14(3)21/h4,6-7,12-13H,5,8-11H2,1-3H3,(H,18,22). The van der Waals surface area contributed by atoms with Gasteiger partial charge >= 0.3 is 6.03 Å². The third-order valence-corrected chi connectivity index (χ3v) is 5.93. The summed E-state index contributed by atoms with van der Waals surface area (Å²) in [6.45, 7) is 6.60. The number of urea groups is 1. The van der Waals surface area contributed by atoms with E-state index in [2.05, 4.69) is 5.32 Å². The molecule has 25 heavy (non-hydrogen) atoms. The number of Topliss-reactive ketones (excluding diaryl/α,β-unsaturated/α-hetero) is 1. The maximum atomic E-state index is 12.9. The first-order chi connectivity index (χ1) is 11.7. The lowest BCUT2D eigenvalue weighted by Gasteiger charge is -2.23. The molecule has 0 spiro atoms. The monoisotopic (exact) mass is 367 g/mol. The highest BCUT2D eigenvalue weighted by Gasteiger charge is 2.28. The first-order valence-electron chi connectivity index (χ1n) is 8.38. The van der Waals surface area contributed by atoms with Crippen molar-refractivity contribution < 1.29 is 18.0 Å². The molecule has 0 atom stereocenters. The summed E-state index contributed by atoms with van der Waals surface area (Å²) in [4.78, 5) is 25.4. The third-order valence-electron chi connectivity index (χ3n) is 4.03. The molecule has 0 bridgehead atoms. The van der Waals surface area contributed by atoms with Crippen molar-refractivity contribution in [1.29, 1.82) is 0 Å². The van der Waals surface area contributed by atoms with Crippen LogP contribution in [0.4, 0.5) is 4.79 Å². The Hall–Kier alpha value is -1.93. The molecule has 7 nitrogen and oxygen atoms in total. The number of nitrogens with one attached hydrogen (secondary N) is 1. The van der Waals surface area contributed by atoms with E-state index < -0.39 is 10.0 Å². The Balaban J connectivity index is 2.14. The molecule has 1 aromatic carbocycles. The van der Waals surface area contributed by atoms with Gasteiger partial charge in [-0.3, -0.25) is 4.79 Å². The molecule has 138 valence electrons. The normalized spacial score (nSPS) is 16.6. The van der Waals surface area contributed by atoms with Gasteiger partial charge in [-0.1, -0.05) is 12.1 Å². The molecule has 0 unspecified atom stereocenters. The van der Waals surface area contributed by atoms with Crippen molar-refractivity contribution in [2.75, 3.05) is 26.2 Å². The number of carbonyl (C=O) groups is 2. The Morgan fingerprint density at radius 1 is 1.12 bits per heavy atom. The average molecular weight is 367 g/mol. The van der Waals surface area contributed by atoms with E-state index in [0.29, 0.717) is 31.6 Å². The second kappa shape index (κ2) is 7.97. The molecule has 0 radical (unpaired) electrons. The summed E-state index contributed by atoms with van der Waals surface area (Å²) in [5.74, 6) is -0.176. The number of hydrogen-bond acceptors (Lipinski definition) is 4. The van der Waals surface area contributed by atoms with E-state index in [-0.39, 0.29) is 29.3 Å². The summed E-state index contributed by atoms with van der Waals surface area (Å²) >= 11 is 0. The first kappa shape index (κ1) is 19.4. The van der Waals surface area contributed by atoms with Gasteiger partial charge in [0.1, 0.15) is 0 Å². The van der Waals surface area contributed by atoms with Gasteiger partial charge in [-0.2, -0.15) is 4.31 Å². The van der Waals surface area contributed by atoms with E-state index in [4.69, 9.17) is 0 Å². The molecule has 1 saturated heterocycles. The lowest BCUT2D eigenvalue weighted by Crippen LogP contribution is -2.44. The lowest BCUT2D eigenvalue weighted by molar-refractivity contribution is 0.101. The van der Waals surface area contributed by atoms with Gasteiger partial charge in [-0.05, 0) is 39.3 Å². The van der Waals surface area contributed by atoms with Crippen molar-refractivity contribution in [3.8, 4) is 0 Å². The van der Waals surface area contributed by atoms with Crippen LogP contribution < -0.4 is 5.32 Å². The van der Waals surface area contributed by atoms with Crippen molar-refractivity contribution in [1.82, 2.24) is 14.5 Å². The highest BCUT2D eigenvalue weighted by atomic mass is 32.2. The number of ketones is 1. The minimum Gasteiger partial charge on any atom is -0.336 e. The zero-order valence-electron chi connectivity index (χ0n) is 14.9. The van der Waals surface area contributed by atoms with Crippen LogP contribution in [-0.4, -0.2) is 61.7 Å². The summed E-state index contributed by atoms with van der Waals surface area (Å²) in [6.07, 6.45) is 0.567. The Bertz CT molecular complexity index is 746. The highest BCUT2D eigenvalue weighted by molar-refractivity contribution is 7.89. The molecule has 1 fully saturated rings. The van der Waals surface area contributed by atoms with E-state index >= 15 is 0 Å². The topological polar surface area (TPSA) is 86.8 Å². The summed E-state index contributed by atoms with van der Waals surface area (Å²) in [5.41, 5.74) is 0.369. The van der Waals surface area contributed by atoms with Crippen LogP contribution in [0.1, 0.15) is 37.6 Å². The number of benzene rings is 1. The fraction of sp³-hybridized carbons (Fsp3) is 0.529. The van der Waals surface area contributed by atoms with Gasteiger partial charge in [-0.15, -0.1) is 0 Å². The Morgan fingerprint density at radius 2 is 1.84 bits per heavy atom. The van der Waals surface area contributed by atoms with Crippen LogP contribution in [0.3, 0.4) is 0 Å². The molecular formula is C17H25N3O4S. The number of sulfonamides is 1. The van der Waals surface area contributed by atoms with Crippen LogP contribution in [0.25, 0.3) is 0 Å². The third kappa shape index (κ3) is 4.79. The largest absolute Gasteiger partial charge is 0.336 e. The number of nitrogens with zero attached hydrogens (tertiary/aromatic N) is 2. The van der Waals surface area contributed by atoms with Gasteiger partial charge in [0.05, 0.1) is 4.90 Å². The molecule has 0 aliphatic carbocycles. The molecular weight excluding hydrogens is 342 g/mol. The molecule has 2 amide bonds. The summed E-state index contributed by atoms with van der Waals surface area (Å²) < 4.78 is 27.1. The quantitative estimate of drug-likeness (QED) is 0.821. The van der Waals surface area contributed by atoms with Crippen molar-refractivity contribution in [3.63, 3.8) is 0 Å². The van der Waals surface area contributed by atoms with Crippen LogP contribution >= 0.6 is 0 Å². The Labute approximate surface area is 149 Å². The SMILES string of the molecule is CC(=O)c1cccc(S(=O)(=O)N2CCCN(C(=O)NC(C)C)CC2)c1. The van der Waals surface area contributed by atoms with Crippen molar-refractivity contribution in [2.24, 2.45) is 0 Å². The van der Waals surface area contributed by atoms with Gasteiger partial charge < -0.3 is 10.2 Å². The smallest absolute Gasteiger partial charge is 0.317 e. The van der Waals surface area contributed by atoms with Gasteiger partial charge in [0.2, 0.25) is 10.0 Å². The Kier molecular flexibility index (Phi) is 6.18. The molecule has 1 aromatic rings. The van der Waals surface area contributed by atoms with E-state index in [1.54, 1.807) is 17.0 Å². The van der Waals surface area contributed by atoms with Gasteiger partial charge in [0.15, 0.2) is 5.78 Å². The predicted molar refractivity (Wildman–Crippen MR) is 95.1 cm³/mol. The van der Waals surface area contributed by atoms with E-state index in [0.717, 1.165) is 0 Å². The minimum atomic E-state index is -3.69. The number of carbonyl (C=O) groups excluding carboxylic acids is 2. The summed E-state index contributed by atoms with van der Waals surface area (Å²) in [5, 5.41) is 2.83. The maximum absolute atomic E-state index is 12.9. The van der Waals surface area contributed by atoms with Crippen molar-refractivity contribution >= 4 is 21.8 Å². The summed E-state index contributed by atoms with van der Waals surface area (Å²) in [6, 6.07) is 5.94.